The Hall–Kier alpha value is -1.01. The number of hydrogen-bond acceptors (Lipinski definition) is 4. The largest absolute Gasteiger partial charge is 0.399 e. The number of carbonyl (C=O) groups excluding carboxylic acids is 1. The zero-order chi connectivity index (χ0) is 15.3. The van der Waals surface area contributed by atoms with Crippen LogP contribution >= 0.6 is 23.2 Å². The molecule has 20 heavy (non-hydrogen) atoms. The zero-order valence-electron chi connectivity index (χ0n) is 11.5. The number of nitrogens with two attached hydrogens (primary N) is 1. The third-order valence-corrected chi connectivity index (χ3v) is 3.39. The van der Waals surface area contributed by atoms with Crippen molar-refractivity contribution in [3.05, 3.63) is 22.2 Å². The molecule has 1 rings (SSSR count). The molecule has 5 nitrogen and oxygen atoms in total. The summed E-state index contributed by atoms with van der Waals surface area (Å²) in [6, 6.07) is 3.19. The van der Waals surface area contributed by atoms with Gasteiger partial charge in [0.15, 0.2) is 0 Å². The second-order valence-corrected chi connectivity index (χ2v) is 5.51. The van der Waals surface area contributed by atoms with E-state index >= 15 is 0 Å². The number of rotatable bonds is 6. The Balaban J connectivity index is 2.76. The summed E-state index contributed by atoms with van der Waals surface area (Å²) in [5, 5.41) is 12.2. The van der Waals surface area contributed by atoms with Crippen LogP contribution in [-0.2, 0) is 4.79 Å². The SMILES string of the molecule is CC(C)N(CCO)CC(=O)Nc1c(Cl)cc(N)cc1Cl. The van der Waals surface area contributed by atoms with Crippen molar-refractivity contribution in [3.63, 3.8) is 0 Å². The zero-order valence-corrected chi connectivity index (χ0v) is 13.0. The summed E-state index contributed by atoms with van der Waals surface area (Å²) < 4.78 is 0. The Labute approximate surface area is 128 Å². The van der Waals surface area contributed by atoms with Gasteiger partial charge in [0.25, 0.3) is 0 Å². The standard InChI is InChI=1S/C13H19Cl2N3O2/c1-8(2)18(3-4-19)7-12(20)17-13-10(14)5-9(16)6-11(13)15/h5-6,8,19H,3-4,7,16H2,1-2H3,(H,17,20). The molecule has 0 fully saturated rings. The Morgan fingerprint density at radius 1 is 1.40 bits per heavy atom. The van der Waals surface area contributed by atoms with Crippen LogP contribution in [0.25, 0.3) is 0 Å². The highest BCUT2D eigenvalue weighted by molar-refractivity contribution is 6.40. The Morgan fingerprint density at radius 2 is 1.95 bits per heavy atom. The fourth-order valence-corrected chi connectivity index (χ4v) is 2.32. The molecule has 0 saturated carbocycles. The first-order valence-electron chi connectivity index (χ1n) is 6.24. The van der Waals surface area contributed by atoms with Gasteiger partial charge in [-0.05, 0) is 26.0 Å². The molecule has 0 heterocycles. The maximum absolute atomic E-state index is 12.0. The van der Waals surface area contributed by atoms with Crippen molar-refractivity contribution in [1.29, 1.82) is 0 Å². The summed E-state index contributed by atoms with van der Waals surface area (Å²) in [6.07, 6.45) is 0. The minimum absolute atomic E-state index is 0.00512. The van der Waals surface area contributed by atoms with Gasteiger partial charge in [-0.2, -0.15) is 0 Å². The fraction of sp³-hybridized carbons (Fsp3) is 0.462. The van der Waals surface area contributed by atoms with Crippen LogP contribution in [0.2, 0.25) is 10.0 Å². The van der Waals surface area contributed by atoms with Crippen molar-refractivity contribution in [2.45, 2.75) is 19.9 Å². The van der Waals surface area contributed by atoms with E-state index in [0.717, 1.165) is 0 Å². The summed E-state index contributed by atoms with van der Waals surface area (Å²) in [4.78, 5) is 13.9. The molecule has 0 saturated heterocycles. The maximum Gasteiger partial charge on any atom is 0.238 e. The number of nitrogens with zero attached hydrogens (tertiary/aromatic N) is 1. The number of aliphatic hydroxyl groups is 1. The first kappa shape index (κ1) is 17.0. The van der Waals surface area contributed by atoms with Crippen molar-refractivity contribution in [1.82, 2.24) is 4.90 Å². The van der Waals surface area contributed by atoms with Crippen molar-refractivity contribution in [3.8, 4) is 0 Å². The average molecular weight is 320 g/mol. The number of carbonyl (C=O) groups is 1. The maximum atomic E-state index is 12.0. The van der Waals surface area contributed by atoms with Gasteiger partial charge in [-0.15, -0.1) is 0 Å². The predicted molar refractivity (Wildman–Crippen MR) is 83.3 cm³/mol. The van der Waals surface area contributed by atoms with E-state index in [1.54, 1.807) is 0 Å². The van der Waals surface area contributed by atoms with E-state index in [1.807, 2.05) is 18.7 Å². The second kappa shape index (κ2) is 7.69. The van der Waals surface area contributed by atoms with Crippen LogP contribution in [-0.4, -0.2) is 41.7 Å². The van der Waals surface area contributed by atoms with Gasteiger partial charge in [0, 0.05) is 18.3 Å². The minimum Gasteiger partial charge on any atom is -0.399 e. The van der Waals surface area contributed by atoms with Gasteiger partial charge in [0.05, 0.1) is 28.9 Å². The molecule has 112 valence electrons. The van der Waals surface area contributed by atoms with E-state index in [1.165, 1.54) is 12.1 Å². The summed E-state index contributed by atoms with van der Waals surface area (Å²) in [5.41, 5.74) is 6.38. The van der Waals surface area contributed by atoms with Gasteiger partial charge in [-0.3, -0.25) is 9.69 Å². The number of anilines is 2. The van der Waals surface area contributed by atoms with Gasteiger partial charge < -0.3 is 16.2 Å². The van der Waals surface area contributed by atoms with Gasteiger partial charge >= 0.3 is 0 Å². The molecular weight excluding hydrogens is 301 g/mol. The van der Waals surface area contributed by atoms with Crippen LogP contribution in [0.15, 0.2) is 12.1 Å². The lowest BCUT2D eigenvalue weighted by Crippen LogP contribution is -2.39. The lowest BCUT2D eigenvalue weighted by molar-refractivity contribution is -0.117. The first-order chi connectivity index (χ1) is 9.35. The highest BCUT2D eigenvalue weighted by Crippen LogP contribution is 2.32. The Bertz CT molecular complexity index is 458. The smallest absolute Gasteiger partial charge is 0.238 e. The number of halogens is 2. The quantitative estimate of drug-likeness (QED) is 0.702. The normalized spacial score (nSPS) is 11.2. The summed E-state index contributed by atoms with van der Waals surface area (Å²) in [6.45, 7) is 4.47. The van der Waals surface area contributed by atoms with E-state index in [0.29, 0.717) is 28.0 Å². The summed E-state index contributed by atoms with van der Waals surface area (Å²) in [7, 11) is 0. The Kier molecular flexibility index (Phi) is 6.55. The van der Waals surface area contributed by atoms with Crippen LogP contribution in [0.1, 0.15) is 13.8 Å². The number of hydrogen-bond donors (Lipinski definition) is 3. The van der Waals surface area contributed by atoms with Crippen molar-refractivity contribution in [2.75, 3.05) is 30.7 Å². The molecular formula is C13H19Cl2N3O2. The molecule has 0 unspecified atom stereocenters. The summed E-state index contributed by atoms with van der Waals surface area (Å²) >= 11 is 12.0. The number of amides is 1. The van der Waals surface area contributed by atoms with Crippen molar-refractivity contribution >= 4 is 40.5 Å². The lowest BCUT2D eigenvalue weighted by atomic mass is 10.2. The van der Waals surface area contributed by atoms with E-state index < -0.39 is 0 Å². The van der Waals surface area contributed by atoms with E-state index in [9.17, 15) is 4.79 Å². The molecule has 1 aromatic rings. The first-order valence-corrected chi connectivity index (χ1v) is 7.00. The van der Waals surface area contributed by atoms with Crippen LogP contribution in [0.5, 0.6) is 0 Å². The highest BCUT2D eigenvalue weighted by atomic mass is 35.5. The molecule has 0 aliphatic rings. The molecule has 0 radical (unpaired) electrons. The van der Waals surface area contributed by atoms with Crippen LogP contribution in [0.3, 0.4) is 0 Å². The molecule has 0 bridgehead atoms. The molecule has 4 N–H and O–H groups in total. The average Bonchev–Trinajstić information content (AvgIpc) is 2.33. The highest BCUT2D eigenvalue weighted by Gasteiger charge is 2.16. The minimum atomic E-state index is -0.249. The van der Waals surface area contributed by atoms with Gasteiger partial charge in [-0.1, -0.05) is 23.2 Å². The molecule has 0 aromatic heterocycles. The van der Waals surface area contributed by atoms with Gasteiger partial charge in [0.1, 0.15) is 0 Å². The number of aliphatic hydroxyl groups excluding tert-OH is 1. The van der Waals surface area contributed by atoms with Gasteiger partial charge in [-0.25, -0.2) is 0 Å². The third-order valence-electron chi connectivity index (χ3n) is 2.79. The molecule has 7 heteroatoms. The Morgan fingerprint density at radius 3 is 2.40 bits per heavy atom. The summed E-state index contributed by atoms with van der Waals surface area (Å²) in [5.74, 6) is -0.249. The van der Waals surface area contributed by atoms with Crippen LogP contribution in [0, 0.1) is 0 Å². The molecule has 0 aliphatic heterocycles. The molecule has 0 atom stereocenters. The second-order valence-electron chi connectivity index (χ2n) is 4.70. The van der Waals surface area contributed by atoms with Crippen molar-refractivity contribution < 1.29 is 9.90 Å². The monoisotopic (exact) mass is 319 g/mol. The van der Waals surface area contributed by atoms with Crippen LogP contribution < -0.4 is 11.1 Å². The number of benzene rings is 1. The lowest BCUT2D eigenvalue weighted by Gasteiger charge is -2.25. The third kappa shape index (κ3) is 4.83. The van der Waals surface area contributed by atoms with Gasteiger partial charge in [0.2, 0.25) is 5.91 Å². The van der Waals surface area contributed by atoms with Crippen molar-refractivity contribution in [2.24, 2.45) is 0 Å². The molecule has 1 amide bonds. The molecule has 1 aromatic carbocycles. The number of nitrogen functional groups attached to an aromatic ring is 1. The fourth-order valence-electron chi connectivity index (χ4n) is 1.72. The molecule has 0 spiro atoms. The number of nitrogens with one attached hydrogen (secondary N) is 1. The van der Waals surface area contributed by atoms with E-state index in [2.05, 4.69) is 5.32 Å². The predicted octanol–water partition coefficient (Wildman–Crippen LogP) is 2.22. The van der Waals surface area contributed by atoms with E-state index in [-0.39, 0.29) is 25.1 Å². The topological polar surface area (TPSA) is 78.6 Å². The van der Waals surface area contributed by atoms with E-state index in [4.69, 9.17) is 34.0 Å². The molecule has 0 aliphatic carbocycles. The van der Waals surface area contributed by atoms with Crippen LogP contribution in [0.4, 0.5) is 11.4 Å².